The predicted molar refractivity (Wildman–Crippen MR) is 149 cm³/mol. The van der Waals surface area contributed by atoms with E-state index in [0.717, 1.165) is 31.3 Å². The van der Waals surface area contributed by atoms with E-state index in [-0.39, 0.29) is 30.7 Å². The van der Waals surface area contributed by atoms with E-state index in [1.807, 2.05) is 4.90 Å². The number of pyridine rings is 1. The number of carbonyl (C=O) groups is 4. The van der Waals surface area contributed by atoms with Gasteiger partial charge in [-0.2, -0.15) is 0 Å². The van der Waals surface area contributed by atoms with Crippen LogP contribution in [0.3, 0.4) is 0 Å². The Balaban J connectivity index is 1.45. The zero-order valence-electron chi connectivity index (χ0n) is 22.4. The van der Waals surface area contributed by atoms with Gasteiger partial charge in [0.25, 0.3) is 11.8 Å². The van der Waals surface area contributed by atoms with Crippen LogP contribution in [0.25, 0.3) is 16.8 Å². The van der Waals surface area contributed by atoms with Crippen LogP contribution in [0.2, 0.25) is 0 Å². The lowest BCUT2D eigenvalue weighted by Gasteiger charge is -2.15. The number of likely N-dealkylation sites (tertiary alicyclic amines) is 1. The van der Waals surface area contributed by atoms with Crippen molar-refractivity contribution < 1.29 is 28.7 Å². The molecule has 1 aliphatic heterocycles. The van der Waals surface area contributed by atoms with Crippen molar-refractivity contribution >= 4 is 46.4 Å². The van der Waals surface area contributed by atoms with Gasteiger partial charge in [0, 0.05) is 48.3 Å². The van der Waals surface area contributed by atoms with Crippen LogP contribution < -0.4 is 21.1 Å². The minimum absolute atomic E-state index is 0.0252. The zero-order chi connectivity index (χ0) is 28.6. The van der Waals surface area contributed by atoms with Gasteiger partial charge in [0.05, 0.1) is 13.7 Å². The standard InChI is InChI=1S/C29H31N5O6/c1-18(35)33-24(29(38)39-2)16-22-15-21-9-10-31-26(30)23(21)17-25(22)40-14-11-32-27(36)19-5-7-20(8-6-19)28(37)34-12-3-4-13-34/h5-10,15-17H,3-4,11-14H2,1-2H3,(H2,30,31)(H,32,36)(H,33,35). The number of benzene rings is 2. The van der Waals surface area contributed by atoms with Gasteiger partial charge in [-0.05, 0) is 66.8 Å². The van der Waals surface area contributed by atoms with Gasteiger partial charge in [-0.15, -0.1) is 0 Å². The molecular weight excluding hydrogens is 514 g/mol. The second kappa shape index (κ2) is 12.7. The second-order valence-electron chi connectivity index (χ2n) is 9.22. The van der Waals surface area contributed by atoms with Crippen molar-refractivity contribution in [2.75, 3.05) is 39.1 Å². The summed E-state index contributed by atoms with van der Waals surface area (Å²) in [5, 5.41) is 6.65. The summed E-state index contributed by atoms with van der Waals surface area (Å²) in [6.07, 6.45) is 5.03. The Bertz CT molecular complexity index is 1460. The normalized spacial score (nSPS) is 13.2. The number of nitrogens with zero attached hydrogens (tertiary/aromatic N) is 2. The summed E-state index contributed by atoms with van der Waals surface area (Å²) < 4.78 is 10.7. The molecule has 4 rings (SSSR count). The molecule has 0 radical (unpaired) electrons. The molecule has 2 heterocycles. The molecule has 4 N–H and O–H groups in total. The van der Waals surface area contributed by atoms with Gasteiger partial charge < -0.3 is 30.7 Å². The number of hydrogen-bond acceptors (Lipinski definition) is 8. The minimum atomic E-state index is -0.726. The Labute approximate surface area is 231 Å². The number of methoxy groups -OCH3 is 1. The molecule has 1 aromatic heterocycles. The van der Waals surface area contributed by atoms with E-state index in [1.165, 1.54) is 20.1 Å². The molecule has 11 nitrogen and oxygen atoms in total. The topological polar surface area (TPSA) is 153 Å². The lowest BCUT2D eigenvalue weighted by molar-refractivity contribution is -0.137. The molecule has 0 saturated carbocycles. The van der Waals surface area contributed by atoms with E-state index in [1.54, 1.807) is 48.7 Å². The summed E-state index contributed by atoms with van der Waals surface area (Å²) in [5.41, 5.74) is 7.43. The SMILES string of the molecule is COC(=O)C(=Cc1cc2ccnc(N)c2cc1OCCNC(=O)c1ccc(C(=O)N2CCCC2)cc1)NC(C)=O. The van der Waals surface area contributed by atoms with E-state index in [2.05, 4.69) is 15.6 Å². The number of carbonyl (C=O) groups excluding carboxylic acids is 4. The smallest absolute Gasteiger partial charge is 0.354 e. The average molecular weight is 546 g/mol. The number of aromatic nitrogens is 1. The van der Waals surface area contributed by atoms with Crippen LogP contribution in [0.5, 0.6) is 5.75 Å². The first-order valence-electron chi connectivity index (χ1n) is 12.8. The van der Waals surface area contributed by atoms with Crippen molar-refractivity contribution in [3.05, 3.63) is 71.0 Å². The van der Waals surface area contributed by atoms with Crippen LogP contribution in [0, 0.1) is 0 Å². The molecule has 3 amide bonds. The number of ether oxygens (including phenoxy) is 2. The van der Waals surface area contributed by atoms with Crippen molar-refractivity contribution in [2.24, 2.45) is 0 Å². The Morgan fingerprint density at radius 3 is 2.42 bits per heavy atom. The Hall–Kier alpha value is -4.93. The molecule has 0 atom stereocenters. The maximum atomic E-state index is 12.6. The molecule has 0 unspecified atom stereocenters. The summed E-state index contributed by atoms with van der Waals surface area (Å²) in [4.78, 5) is 55.0. The lowest BCUT2D eigenvalue weighted by atomic mass is 10.1. The number of nitrogens with one attached hydrogen (secondary N) is 2. The number of rotatable bonds is 9. The molecule has 1 fully saturated rings. The van der Waals surface area contributed by atoms with Crippen LogP contribution in [-0.2, 0) is 14.3 Å². The van der Waals surface area contributed by atoms with Crippen molar-refractivity contribution in [1.29, 1.82) is 0 Å². The number of amides is 3. The van der Waals surface area contributed by atoms with Gasteiger partial charge in [0.1, 0.15) is 23.9 Å². The van der Waals surface area contributed by atoms with E-state index >= 15 is 0 Å². The average Bonchev–Trinajstić information content (AvgIpc) is 3.49. The predicted octanol–water partition coefficient (Wildman–Crippen LogP) is 2.51. The molecule has 0 spiro atoms. The summed E-state index contributed by atoms with van der Waals surface area (Å²) in [7, 11) is 1.21. The molecule has 3 aromatic rings. The van der Waals surface area contributed by atoms with Gasteiger partial charge in [0.15, 0.2) is 0 Å². The quantitative estimate of drug-likeness (QED) is 0.211. The zero-order valence-corrected chi connectivity index (χ0v) is 22.4. The fourth-order valence-corrected chi connectivity index (χ4v) is 4.37. The summed E-state index contributed by atoms with van der Waals surface area (Å²) in [6.45, 7) is 3.07. The van der Waals surface area contributed by atoms with Crippen molar-refractivity contribution in [3.8, 4) is 5.75 Å². The van der Waals surface area contributed by atoms with E-state index in [0.29, 0.717) is 33.6 Å². The van der Waals surface area contributed by atoms with Gasteiger partial charge in [-0.3, -0.25) is 14.4 Å². The third kappa shape index (κ3) is 6.73. The van der Waals surface area contributed by atoms with Crippen LogP contribution in [-0.4, -0.2) is 66.9 Å². The molecule has 1 aliphatic rings. The number of nitrogens with two attached hydrogens (primary N) is 1. The van der Waals surface area contributed by atoms with Crippen molar-refractivity contribution in [2.45, 2.75) is 19.8 Å². The summed E-state index contributed by atoms with van der Waals surface area (Å²) in [5.74, 6) is -0.844. The number of hydrogen-bond donors (Lipinski definition) is 3. The number of fused-ring (bicyclic) bond motifs is 1. The van der Waals surface area contributed by atoms with Gasteiger partial charge in [-0.1, -0.05) is 0 Å². The molecule has 0 bridgehead atoms. The Morgan fingerprint density at radius 2 is 1.75 bits per heavy atom. The molecule has 2 aromatic carbocycles. The maximum Gasteiger partial charge on any atom is 0.354 e. The highest BCUT2D eigenvalue weighted by molar-refractivity contribution is 6.00. The van der Waals surface area contributed by atoms with E-state index < -0.39 is 11.9 Å². The molecule has 11 heteroatoms. The number of anilines is 1. The Kier molecular flexibility index (Phi) is 8.95. The highest BCUT2D eigenvalue weighted by Gasteiger charge is 2.20. The molecule has 40 heavy (non-hydrogen) atoms. The highest BCUT2D eigenvalue weighted by Crippen LogP contribution is 2.30. The van der Waals surface area contributed by atoms with Crippen LogP contribution >= 0.6 is 0 Å². The first kappa shape index (κ1) is 28.1. The fourth-order valence-electron chi connectivity index (χ4n) is 4.37. The third-order valence-corrected chi connectivity index (χ3v) is 6.37. The summed E-state index contributed by atoms with van der Waals surface area (Å²) >= 11 is 0. The first-order chi connectivity index (χ1) is 19.3. The lowest BCUT2D eigenvalue weighted by Crippen LogP contribution is -2.29. The van der Waals surface area contributed by atoms with Crippen molar-refractivity contribution in [3.63, 3.8) is 0 Å². The monoisotopic (exact) mass is 545 g/mol. The van der Waals surface area contributed by atoms with Crippen LogP contribution in [0.1, 0.15) is 46.0 Å². The number of esters is 1. The van der Waals surface area contributed by atoms with Gasteiger partial charge in [-0.25, -0.2) is 9.78 Å². The first-order valence-corrected chi connectivity index (χ1v) is 12.8. The fraction of sp³-hybridized carbons (Fsp3) is 0.276. The molecule has 208 valence electrons. The second-order valence-corrected chi connectivity index (χ2v) is 9.22. The Morgan fingerprint density at radius 1 is 1.05 bits per heavy atom. The largest absolute Gasteiger partial charge is 0.491 e. The van der Waals surface area contributed by atoms with Crippen molar-refractivity contribution in [1.82, 2.24) is 20.5 Å². The van der Waals surface area contributed by atoms with E-state index in [9.17, 15) is 19.2 Å². The highest BCUT2D eigenvalue weighted by atomic mass is 16.5. The van der Waals surface area contributed by atoms with Crippen LogP contribution in [0.4, 0.5) is 5.82 Å². The van der Waals surface area contributed by atoms with Gasteiger partial charge >= 0.3 is 5.97 Å². The molecule has 0 aliphatic carbocycles. The van der Waals surface area contributed by atoms with Crippen LogP contribution in [0.15, 0.2) is 54.4 Å². The minimum Gasteiger partial charge on any atom is -0.491 e. The van der Waals surface area contributed by atoms with E-state index in [4.69, 9.17) is 15.2 Å². The molecule has 1 saturated heterocycles. The number of nitrogen functional groups attached to an aromatic ring is 1. The summed E-state index contributed by atoms with van der Waals surface area (Å²) in [6, 6.07) is 11.8. The third-order valence-electron chi connectivity index (χ3n) is 6.37. The molecular formula is C29H31N5O6. The van der Waals surface area contributed by atoms with Gasteiger partial charge in [0.2, 0.25) is 5.91 Å². The maximum absolute atomic E-state index is 12.6.